The highest BCUT2D eigenvalue weighted by Gasteiger charge is 2.11. The Morgan fingerprint density at radius 1 is 1.16 bits per heavy atom. The molecular formula is C13H9Cl2N3O. The van der Waals surface area contributed by atoms with E-state index in [0.29, 0.717) is 16.0 Å². The van der Waals surface area contributed by atoms with Gasteiger partial charge in [-0.2, -0.15) is 5.10 Å². The molecule has 96 valence electrons. The van der Waals surface area contributed by atoms with Crippen LogP contribution in [0.2, 0.25) is 10.3 Å². The van der Waals surface area contributed by atoms with Gasteiger partial charge in [-0.15, -0.1) is 0 Å². The largest absolute Gasteiger partial charge is 0.497 e. The van der Waals surface area contributed by atoms with Gasteiger partial charge in [0.1, 0.15) is 16.1 Å². The van der Waals surface area contributed by atoms with Crippen LogP contribution in [0.5, 0.6) is 5.75 Å². The van der Waals surface area contributed by atoms with Crippen molar-refractivity contribution in [3.05, 3.63) is 46.8 Å². The molecular weight excluding hydrogens is 285 g/mol. The van der Waals surface area contributed by atoms with Crippen LogP contribution in [0.25, 0.3) is 16.8 Å². The van der Waals surface area contributed by atoms with E-state index in [9.17, 15) is 0 Å². The average Bonchev–Trinajstić information content (AvgIpc) is 2.83. The number of halogens is 2. The summed E-state index contributed by atoms with van der Waals surface area (Å²) in [5.74, 6) is 0.796. The maximum absolute atomic E-state index is 6.07. The van der Waals surface area contributed by atoms with Crippen molar-refractivity contribution in [1.82, 2.24) is 14.6 Å². The Labute approximate surface area is 119 Å². The van der Waals surface area contributed by atoms with Crippen molar-refractivity contribution in [3.63, 3.8) is 0 Å². The van der Waals surface area contributed by atoms with E-state index >= 15 is 0 Å². The minimum atomic E-state index is 0.341. The van der Waals surface area contributed by atoms with Crippen LogP contribution in [-0.2, 0) is 0 Å². The molecule has 0 bridgehead atoms. The first-order valence-electron chi connectivity index (χ1n) is 5.53. The zero-order valence-electron chi connectivity index (χ0n) is 9.97. The van der Waals surface area contributed by atoms with Crippen molar-refractivity contribution in [1.29, 1.82) is 0 Å². The minimum Gasteiger partial charge on any atom is -0.497 e. The fourth-order valence-electron chi connectivity index (χ4n) is 1.87. The highest BCUT2D eigenvalue weighted by molar-refractivity contribution is 6.33. The summed E-state index contributed by atoms with van der Waals surface area (Å²) in [7, 11) is 1.63. The fourth-order valence-corrected chi connectivity index (χ4v) is 2.34. The summed E-state index contributed by atoms with van der Waals surface area (Å²) in [6.45, 7) is 0. The van der Waals surface area contributed by atoms with Gasteiger partial charge in [0, 0.05) is 11.6 Å². The minimum absolute atomic E-state index is 0.341. The Balaban J connectivity index is 2.19. The number of aromatic nitrogens is 3. The van der Waals surface area contributed by atoms with Crippen molar-refractivity contribution in [2.24, 2.45) is 0 Å². The van der Waals surface area contributed by atoms with Gasteiger partial charge in [0.05, 0.1) is 13.3 Å². The number of rotatable bonds is 2. The standard InChI is InChI=1S/C13H9Cl2N3O/c1-19-9-4-2-8(3-5-9)10-7-16-18-12(15)6-11(14)17-13(10)18/h2-7H,1H3. The summed E-state index contributed by atoms with van der Waals surface area (Å²) < 4.78 is 6.68. The molecule has 0 radical (unpaired) electrons. The second kappa shape index (κ2) is 4.72. The van der Waals surface area contributed by atoms with Crippen LogP contribution in [0.1, 0.15) is 0 Å². The predicted octanol–water partition coefficient (Wildman–Crippen LogP) is 3.71. The number of fused-ring (bicyclic) bond motifs is 1. The molecule has 0 aliphatic carbocycles. The predicted molar refractivity (Wildman–Crippen MR) is 75.0 cm³/mol. The first kappa shape index (κ1) is 12.3. The third kappa shape index (κ3) is 2.13. The Kier molecular flexibility index (Phi) is 3.05. The monoisotopic (exact) mass is 293 g/mol. The van der Waals surface area contributed by atoms with Gasteiger partial charge < -0.3 is 4.74 Å². The SMILES string of the molecule is COc1ccc(-c2cnn3c(Cl)cc(Cl)nc23)cc1. The van der Waals surface area contributed by atoms with Crippen molar-refractivity contribution < 1.29 is 4.74 Å². The quantitative estimate of drug-likeness (QED) is 0.676. The van der Waals surface area contributed by atoms with Gasteiger partial charge in [0.2, 0.25) is 0 Å². The van der Waals surface area contributed by atoms with Crippen LogP contribution in [0, 0.1) is 0 Å². The lowest BCUT2D eigenvalue weighted by Gasteiger charge is -2.02. The zero-order chi connectivity index (χ0) is 13.4. The third-order valence-electron chi connectivity index (χ3n) is 2.80. The summed E-state index contributed by atoms with van der Waals surface area (Å²) in [6, 6.07) is 9.19. The molecule has 1 aromatic carbocycles. The van der Waals surface area contributed by atoms with E-state index in [-0.39, 0.29) is 0 Å². The molecule has 0 amide bonds. The molecule has 0 unspecified atom stereocenters. The zero-order valence-corrected chi connectivity index (χ0v) is 11.5. The Morgan fingerprint density at radius 2 is 1.89 bits per heavy atom. The lowest BCUT2D eigenvalue weighted by Crippen LogP contribution is -1.92. The van der Waals surface area contributed by atoms with Crippen molar-refractivity contribution in [3.8, 4) is 16.9 Å². The van der Waals surface area contributed by atoms with Crippen LogP contribution in [0.4, 0.5) is 0 Å². The molecule has 3 rings (SSSR count). The molecule has 3 aromatic rings. The van der Waals surface area contributed by atoms with E-state index in [1.54, 1.807) is 23.9 Å². The van der Waals surface area contributed by atoms with Crippen LogP contribution in [-0.4, -0.2) is 21.7 Å². The Bertz CT molecular complexity index is 737. The molecule has 2 heterocycles. The van der Waals surface area contributed by atoms with E-state index in [4.69, 9.17) is 27.9 Å². The normalized spacial score (nSPS) is 10.9. The van der Waals surface area contributed by atoms with Gasteiger partial charge in [-0.25, -0.2) is 9.50 Å². The smallest absolute Gasteiger partial charge is 0.166 e. The number of hydrogen-bond acceptors (Lipinski definition) is 3. The van der Waals surface area contributed by atoms with Gasteiger partial charge in [-0.1, -0.05) is 35.3 Å². The number of hydrogen-bond donors (Lipinski definition) is 0. The Morgan fingerprint density at radius 3 is 2.58 bits per heavy atom. The highest BCUT2D eigenvalue weighted by Crippen LogP contribution is 2.28. The number of methoxy groups -OCH3 is 1. The lowest BCUT2D eigenvalue weighted by molar-refractivity contribution is 0.415. The van der Waals surface area contributed by atoms with Gasteiger partial charge in [-0.3, -0.25) is 0 Å². The number of benzene rings is 1. The number of ether oxygens (including phenoxy) is 1. The van der Waals surface area contributed by atoms with Gasteiger partial charge in [0.25, 0.3) is 0 Å². The molecule has 2 aromatic heterocycles. The van der Waals surface area contributed by atoms with Crippen molar-refractivity contribution in [2.75, 3.05) is 7.11 Å². The first-order valence-corrected chi connectivity index (χ1v) is 6.29. The molecule has 0 aliphatic rings. The van der Waals surface area contributed by atoms with Crippen molar-refractivity contribution in [2.45, 2.75) is 0 Å². The molecule has 0 saturated carbocycles. The van der Waals surface area contributed by atoms with Gasteiger partial charge in [-0.05, 0) is 17.7 Å². The highest BCUT2D eigenvalue weighted by atomic mass is 35.5. The molecule has 0 N–H and O–H groups in total. The molecule has 0 atom stereocenters. The van der Waals surface area contributed by atoms with E-state index in [1.165, 1.54) is 0 Å². The summed E-state index contributed by atoms with van der Waals surface area (Å²) >= 11 is 12.0. The van der Waals surface area contributed by atoms with Crippen LogP contribution < -0.4 is 4.74 Å². The van der Waals surface area contributed by atoms with Crippen LogP contribution in [0.15, 0.2) is 36.5 Å². The molecule has 0 aliphatic heterocycles. The van der Waals surface area contributed by atoms with E-state index in [0.717, 1.165) is 16.9 Å². The third-order valence-corrected chi connectivity index (χ3v) is 3.26. The first-order chi connectivity index (χ1) is 9.19. The molecule has 0 saturated heterocycles. The second-order valence-corrected chi connectivity index (χ2v) is 4.70. The summed E-state index contributed by atoms with van der Waals surface area (Å²) in [6.07, 6.45) is 1.71. The van der Waals surface area contributed by atoms with E-state index in [1.807, 2.05) is 24.3 Å². The summed E-state index contributed by atoms with van der Waals surface area (Å²) in [5, 5.41) is 4.98. The molecule has 4 nitrogen and oxygen atoms in total. The summed E-state index contributed by atoms with van der Waals surface area (Å²) in [5.41, 5.74) is 2.47. The Hall–Kier alpha value is -1.78. The second-order valence-electron chi connectivity index (χ2n) is 3.92. The molecule has 19 heavy (non-hydrogen) atoms. The average molecular weight is 294 g/mol. The van der Waals surface area contributed by atoms with E-state index in [2.05, 4.69) is 10.1 Å². The summed E-state index contributed by atoms with van der Waals surface area (Å²) in [4.78, 5) is 4.27. The maximum Gasteiger partial charge on any atom is 0.166 e. The molecule has 0 spiro atoms. The number of nitrogens with zero attached hydrogens (tertiary/aromatic N) is 3. The fraction of sp³-hybridized carbons (Fsp3) is 0.0769. The van der Waals surface area contributed by atoms with Crippen LogP contribution >= 0.6 is 23.2 Å². The maximum atomic E-state index is 6.07. The van der Waals surface area contributed by atoms with Crippen LogP contribution in [0.3, 0.4) is 0 Å². The lowest BCUT2D eigenvalue weighted by atomic mass is 10.1. The molecule has 0 fully saturated rings. The topological polar surface area (TPSA) is 39.4 Å². The van der Waals surface area contributed by atoms with Crippen molar-refractivity contribution >= 4 is 28.8 Å². The van der Waals surface area contributed by atoms with Gasteiger partial charge in [0.15, 0.2) is 5.65 Å². The molecule has 6 heteroatoms. The van der Waals surface area contributed by atoms with Gasteiger partial charge >= 0.3 is 0 Å². The van der Waals surface area contributed by atoms with E-state index < -0.39 is 0 Å².